The highest BCUT2D eigenvalue weighted by atomic mass is 19.4. The van der Waals surface area contributed by atoms with Crippen molar-refractivity contribution in [2.75, 3.05) is 6.54 Å². The van der Waals surface area contributed by atoms with Crippen LogP contribution >= 0.6 is 0 Å². The number of carbonyl (C=O) groups excluding carboxylic acids is 1. The normalized spacial score (nSPS) is 16.9. The van der Waals surface area contributed by atoms with Crippen molar-refractivity contribution in [3.05, 3.63) is 71.4 Å². The number of para-hydroxylation sites is 1. The Bertz CT molecular complexity index is 1070. The van der Waals surface area contributed by atoms with E-state index in [2.05, 4.69) is 29.7 Å². The molecule has 1 atom stereocenters. The molecule has 1 aliphatic heterocycles. The van der Waals surface area contributed by atoms with E-state index in [1.54, 1.807) is 6.07 Å². The van der Waals surface area contributed by atoms with E-state index in [1.165, 1.54) is 22.7 Å². The quantitative estimate of drug-likeness (QED) is 0.484. The van der Waals surface area contributed by atoms with Gasteiger partial charge < -0.3 is 9.47 Å². The van der Waals surface area contributed by atoms with Gasteiger partial charge in [0.1, 0.15) is 0 Å². The molecule has 164 valence electrons. The molecular formula is C25H27F3N2O. The number of benzene rings is 2. The standard InChI is InChI=1S/C25H27F3N2O/c1-2-29-22(17-19-8-3-4-11-23(19)29)13-12-21-10-6-14-30(21)24(31)16-18-7-5-9-20(15-18)25(26,27)28/h3-5,7-9,11,15,17,21H,2,6,10,12-14,16H2,1H3/t21-/m0/s1. The molecule has 1 saturated heterocycles. The van der Waals surface area contributed by atoms with E-state index in [-0.39, 0.29) is 18.4 Å². The fourth-order valence-electron chi connectivity index (χ4n) is 4.76. The van der Waals surface area contributed by atoms with Crippen LogP contribution in [0, 0.1) is 0 Å². The molecule has 31 heavy (non-hydrogen) atoms. The van der Waals surface area contributed by atoms with Crippen LogP contribution < -0.4 is 0 Å². The highest BCUT2D eigenvalue weighted by molar-refractivity contribution is 5.81. The van der Waals surface area contributed by atoms with Crippen LogP contribution in [0.15, 0.2) is 54.6 Å². The summed E-state index contributed by atoms with van der Waals surface area (Å²) in [6.45, 7) is 3.71. The van der Waals surface area contributed by atoms with Crippen molar-refractivity contribution < 1.29 is 18.0 Å². The van der Waals surface area contributed by atoms with Gasteiger partial charge in [0.15, 0.2) is 0 Å². The SMILES string of the molecule is CCn1c(CC[C@@H]2CCCN2C(=O)Cc2cccc(C(F)(F)F)c2)cc2ccccc21. The van der Waals surface area contributed by atoms with E-state index < -0.39 is 11.7 Å². The molecule has 3 nitrogen and oxygen atoms in total. The average Bonchev–Trinajstić information content (AvgIpc) is 3.35. The van der Waals surface area contributed by atoms with Gasteiger partial charge in [-0.2, -0.15) is 13.2 Å². The van der Waals surface area contributed by atoms with Gasteiger partial charge in [-0.25, -0.2) is 0 Å². The van der Waals surface area contributed by atoms with Crippen LogP contribution in [0.25, 0.3) is 10.9 Å². The number of alkyl halides is 3. The molecule has 2 aromatic carbocycles. The van der Waals surface area contributed by atoms with Gasteiger partial charge in [-0.15, -0.1) is 0 Å². The molecule has 0 bridgehead atoms. The predicted octanol–water partition coefficient (Wildman–Crippen LogP) is 5.85. The van der Waals surface area contributed by atoms with Crippen molar-refractivity contribution in [1.29, 1.82) is 0 Å². The van der Waals surface area contributed by atoms with Crippen LogP contribution in [-0.2, 0) is 30.4 Å². The number of carbonyl (C=O) groups is 1. The Balaban J connectivity index is 1.43. The van der Waals surface area contributed by atoms with E-state index in [4.69, 9.17) is 0 Å². The first-order valence-corrected chi connectivity index (χ1v) is 10.9. The van der Waals surface area contributed by atoms with Gasteiger partial charge in [0, 0.05) is 30.3 Å². The molecule has 6 heteroatoms. The van der Waals surface area contributed by atoms with Gasteiger partial charge in [0.05, 0.1) is 12.0 Å². The zero-order valence-electron chi connectivity index (χ0n) is 17.7. The average molecular weight is 428 g/mol. The lowest BCUT2D eigenvalue weighted by Crippen LogP contribution is -2.37. The number of amides is 1. The molecule has 4 rings (SSSR count). The van der Waals surface area contributed by atoms with Gasteiger partial charge in [0.2, 0.25) is 5.91 Å². The van der Waals surface area contributed by atoms with E-state index in [0.717, 1.165) is 44.4 Å². The van der Waals surface area contributed by atoms with Crippen LogP contribution in [0.5, 0.6) is 0 Å². The number of rotatable bonds is 6. The zero-order chi connectivity index (χ0) is 22.0. The maximum atomic E-state index is 13.0. The Morgan fingerprint density at radius 3 is 2.68 bits per heavy atom. The summed E-state index contributed by atoms with van der Waals surface area (Å²) in [5, 5.41) is 1.23. The van der Waals surface area contributed by atoms with E-state index in [0.29, 0.717) is 12.1 Å². The fourth-order valence-corrected chi connectivity index (χ4v) is 4.76. The minimum absolute atomic E-state index is 0.00957. The topological polar surface area (TPSA) is 25.2 Å². The molecule has 1 aliphatic rings. The zero-order valence-corrected chi connectivity index (χ0v) is 17.7. The first kappa shape index (κ1) is 21.5. The summed E-state index contributed by atoms with van der Waals surface area (Å²) in [4.78, 5) is 14.8. The van der Waals surface area contributed by atoms with Crippen LogP contribution in [-0.4, -0.2) is 28.0 Å². The highest BCUT2D eigenvalue weighted by Crippen LogP contribution is 2.30. The van der Waals surface area contributed by atoms with Crippen LogP contribution in [0.3, 0.4) is 0 Å². The van der Waals surface area contributed by atoms with Crippen molar-refractivity contribution in [2.45, 2.75) is 57.8 Å². The number of likely N-dealkylation sites (tertiary alicyclic amines) is 1. The predicted molar refractivity (Wildman–Crippen MR) is 116 cm³/mol. The minimum Gasteiger partial charge on any atom is -0.345 e. The van der Waals surface area contributed by atoms with Crippen molar-refractivity contribution in [1.82, 2.24) is 9.47 Å². The fraction of sp³-hybridized carbons (Fsp3) is 0.400. The molecule has 0 spiro atoms. The van der Waals surface area contributed by atoms with Gasteiger partial charge in [-0.3, -0.25) is 4.79 Å². The number of fused-ring (bicyclic) bond motifs is 1. The molecule has 1 fully saturated rings. The second-order valence-electron chi connectivity index (χ2n) is 8.24. The summed E-state index contributed by atoms with van der Waals surface area (Å²) in [5.41, 5.74) is 2.20. The number of hydrogen-bond acceptors (Lipinski definition) is 1. The lowest BCUT2D eigenvalue weighted by molar-refractivity contribution is -0.138. The van der Waals surface area contributed by atoms with Crippen LogP contribution in [0.4, 0.5) is 13.2 Å². The van der Waals surface area contributed by atoms with Gasteiger partial charge in [0.25, 0.3) is 0 Å². The summed E-state index contributed by atoms with van der Waals surface area (Å²) in [7, 11) is 0. The summed E-state index contributed by atoms with van der Waals surface area (Å²) in [5.74, 6) is -0.0853. The summed E-state index contributed by atoms with van der Waals surface area (Å²) in [6.07, 6.45) is -0.760. The molecule has 2 heterocycles. The first-order valence-electron chi connectivity index (χ1n) is 10.9. The summed E-state index contributed by atoms with van der Waals surface area (Å²) < 4.78 is 41.2. The minimum atomic E-state index is -4.40. The Hall–Kier alpha value is -2.76. The van der Waals surface area contributed by atoms with Crippen molar-refractivity contribution in [3.8, 4) is 0 Å². The summed E-state index contributed by atoms with van der Waals surface area (Å²) in [6, 6.07) is 15.8. The van der Waals surface area contributed by atoms with Gasteiger partial charge >= 0.3 is 6.18 Å². The Morgan fingerprint density at radius 1 is 1.10 bits per heavy atom. The van der Waals surface area contributed by atoms with E-state index in [1.807, 2.05) is 17.0 Å². The third-order valence-corrected chi connectivity index (χ3v) is 6.25. The van der Waals surface area contributed by atoms with Crippen molar-refractivity contribution in [3.63, 3.8) is 0 Å². The monoisotopic (exact) mass is 428 g/mol. The van der Waals surface area contributed by atoms with Crippen LogP contribution in [0.2, 0.25) is 0 Å². The maximum absolute atomic E-state index is 13.0. The molecule has 0 aliphatic carbocycles. The molecule has 0 N–H and O–H groups in total. The Kier molecular flexibility index (Phi) is 6.08. The number of aromatic nitrogens is 1. The van der Waals surface area contributed by atoms with Crippen molar-refractivity contribution >= 4 is 16.8 Å². The second-order valence-corrected chi connectivity index (χ2v) is 8.24. The molecule has 1 amide bonds. The highest BCUT2D eigenvalue weighted by Gasteiger charge is 2.32. The Morgan fingerprint density at radius 2 is 1.90 bits per heavy atom. The Labute approximate surface area is 180 Å². The molecule has 3 aromatic rings. The lowest BCUT2D eigenvalue weighted by Gasteiger charge is -2.25. The molecule has 0 saturated carbocycles. The number of hydrogen-bond donors (Lipinski definition) is 0. The van der Waals surface area contributed by atoms with Gasteiger partial charge in [-0.05, 0) is 61.8 Å². The number of aryl methyl sites for hydroxylation is 2. The maximum Gasteiger partial charge on any atom is 0.416 e. The smallest absolute Gasteiger partial charge is 0.345 e. The molecule has 0 unspecified atom stereocenters. The lowest BCUT2D eigenvalue weighted by atomic mass is 10.0. The first-order chi connectivity index (χ1) is 14.9. The molecule has 0 radical (unpaired) electrons. The largest absolute Gasteiger partial charge is 0.416 e. The van der Waals surface area contributed by atoms with Crippen LogP contribution in [0.1, 0.15) is 43.0 Å². The number of nitrogens with zero attached hydrogens (tertiary/aromatic N) is 2. The number of halogens is 3. The summed E-state index contributed by atoms with van der Waals surface area (Å²) >= 11 is 0. The van der Waals surface area contributed by atoms with Crippen molar-refractivity contribution in [2.24, 2.45) is 0 Å². The second kappa shape index (κ2) is 8.77. The molecular weight excluding hydrogens is 401 g/mol. The van der Waals surface area contributed by atoms with E-state index in [9.17, 15) is 18.0 Å². The third-order valence-electron chi connectivity index (χ3n) is 6.25. The van der Waals surface area contributed by atoms with E-state index >= 15 is 0 Å². The third kappa shape index (κ3) is 4.63. The van der Waals surface area contributed by atoms with Gasteiger partial charge in [-0.1, -0.05) is 36.4 Å². The molecule has 1 aromatic heterocycles.